The Bertz CT molecular complexity index is 733. The van der Waals surface area contributed by atoms with Gasteiger partial charge in [-0.1, -0.05) is 55.4 Å². The molecule has 3 aromatic rings. The van der Waals surface area contributed by atoms with Gasteiger partial charge >= 0.3 is 0 Å². The summed E-state index contributed by atoms with van der Waals surface area (Å²) in [5, 5.41) is 9.81. The van der Waals surface area contributed by atoms with Crippen molar-refractivity contribution in [1.82, 2.24) is 15.5 Å². The number of nitrogens with zero attached hydrogens (tertiary/aromatic N) is 2. The second-order valence-electron chi connectivity index (χ2n) is 5.43. The topological polar surface area (TPSA) is 51.0 Å². The Labute approximate surface area is 124 Å². The van der Waals surface area contributed by atoms with Gasteiger partial charge in [0.15, 0.2) is 0 Å². The quantitative estimate of drug-likeness (QED) is 0.778. The van der Waals surface area contributed by atoms with Crippen molar-refractivity contribution in [2.24, 2.45) is 0 Å². The molecular formula is C17H19N3O. The molecule has 0 saturated heterocycles. The molecule has 1 aromatic heterocycles. The van der Waals surface area contributed by atoms with Gasteiger partial charge in [-0.05, 0) is 16.8 Å². The van der Waals surface area contributed by atoms with E-state index in [1.54, 1.807) is 0 Å². The molecule has 108 valence electrons. The third kappa shape index (κ3) is 3.28. The highest BCUT2D eigenvalue weighted by atomic mass is 16.5. The molecule has 4 heteroatoms. The summed E-state index contributed by atoms with van der Waals surface area (Å²) in [7, 11) is 0. The smallest absolute Gasteiger partial charge is 0.228 e. The van der Waals surface area contributed by atoms with Crippen LogP contribution in [-0.2, 0) is 6.42 Å². The van der Waals surface area contributed by atoms with Crippen LogP contribution in [0.25, 0.3) is 22.2 Å². The minimum absolute atomic E-state index is 0.466. The Kier molecular flexibility index (Phi) is 3.97. The number of fused-ring (bicyclic) bond motifs is 1. The molecule has 2 aromatic carbocycles. The Hall–Kier alpha value is -2.20. The lowest BCUT2D eigenvalue weighted by Gasteiger charge is -2.04. The van der Waals surface area contributed by atoms with E-state index in [0.717, 1.165) is 18.5 Å². The van der Waals surface area contributed by atoms with E-state index in [9.17, 15) is 0 Å². The molecule has 0 spiro atoms. The SMILES string of the molecule is CC(C)NCCc1nc(-c2ccc3ccccc3c2)no1. The summed E-state index contributed by atoms with van der Waals surface area (Å²) in [4.78, 5) is 4.47. The van der Waals surface area contributed by atoms with Gasteiger partial charge < -0.3 is 9.84 Å². The van der Waals surface area contributed by atoms with E-state index < -0.39 is 0 Å². The van der Waals surface area contributed by atoms with Crippen LogP contribution in [-0.4, -0.2) is 22.7 Å². The molecule has 4 nitrogen and oxygen atoms in total. The zero-order valence-electron chi connectivity index (χ0n) is 12.3. The van der Waals surface area contributed by atoms with Crippen LogP contribution in [0.3, 0.4) is 0 Å². The summed E-state index contributed by atoms with van der Waals surface area (Å²) in [5.74, 6) is 1.33. The predicted octanol–water partition coefficient (Wildman–Crippen LogP) is 3.43. The lowest BCUT2D eigenvalue weighted by molar-refractivity contribution is 0.374. The van der Waals surface area contributed by atoms with Gasteiger partial charge in [0.1, 0.15) is 0 Å². The highest BCUT2D eigenvalue weighted by Gasteiger charge is 2.09. The maximum absolute atomic E-state index is 5.31. The number of rotatable bonds is 5. The first-order valence-corrected chi connectivity index (χ1v) is 7.27. The fourth-order valence-corrected chi connectivity index (χ4v) is 2.27. The maximum atomic E-state index is 5.31. The molecule has 0 atom stereocenters. The van der Waals surface area contributed by atoms with Crippen LogP contribution in [0.15, 0.2) is 47.0 Å². The molecule has 0 aliphatic rings. The van der Waals surface area contributed by atoms with Crippen LogP contribution in [0.5, 0.6) is 0 Å². The van der Waals surface area contributed by atoms with Gasteiger partial charge in [-0.2, -0.15) is 4.98 Å². The van der Waals surface area contributed by atoms with E-state index in [4.69, 9.17) is 4.52 Å². The first kappa shape index (κ1) is 13.8. The van der Waals surface area contributed by atoms with Crippen LogP contribution in [0.2, 0.25) is 0 Å². The first-order valence-electron chi connectivity index (χ1n) is 7.27. The van der Waals surface area contributed by atoms with Crippen molar-refractivity contribution in [3.05, 3.63) is 48.4 Å². The zero-order valence-corrected chi connectivity index (χ0v) is 12.3. The van der Waals surface area contributed by atoms with Crippen molar-refractivity contribution in [2.75, 3.05) is 6.54 Å². The summed E-state index contributed by atoms with van der Waals surface area (Å²) in [6, 6.07) is 14.9. The van der Waals surface area contributed by atoms with Crippen molar-refractivity contribution in [2.45, 2.75) is 26.3 Å². The summed E-state index contributed by atoms with van der Waals surface area (Å²) < 4.78 is 5.31. The van der Waals surface area contributed by atoms with E-state index in [1.165, 1.54) is 10.8 Å². The van der Waals surface area contributed by atoms with E-state index in [-0.39, 0.29) is 0 Å². The molecule has 0 fully saturated rings. The normalized spacial score (nSPS) is 11.4. The van der Waals surface area contributed by atoms with Crippen LogP contribution in [0, 0.1) is 0 Å². The van der Waals surface area contributed by atoms with E-state index in [1.807, 2.05) is 18.2 Å². The largest absolute Gasteiger partial charge is 0.339 e. The van der Waals surface area contributed by atoms with Gasteiger partial charge in [0.25, 0.3) is 0 Å². The van der Waals surface area contributed by atoms with Crippen molar-refractivity contribution in [3.8, 4) is 11.4 Å². The van der Waals surface area contributed by atoms with E-state index in [0.29, 0.717) is 17.8 Å². The van der Waals surface area contributed by atoms with Crippen molar-refractivity contribution < 1.29 is 4.52 Å². The van der Waals surface area contributed by atoms with E-state index >= 15 is 0 Å². The van der Waals surface area contributed by atoms with Crippen molar-refractivity contribution in [1.29, 1.82) is 0 Å². The van der Waals surface area contributed by atoms with Crippen LogP contribution < -0.4 is 5.32 Å². The molecule has 0 saturated carbocycles. The first-order chi connectivity index (χ1) is 10.2. The van der Waals surface area contributed by atoms with Crippen LogP contribution in [0.4, 0.5) is 0 Å². The van der Waals surface area contributed by atoms with Crippen molar-refractivity contribution in [3.63, 3.8) is 0 Å². The van der Waals surface area contributed by atoms with Crippen LogP contribution in [0.1, 0.15) is 19.7 Å². The molecule has 0 radical (unpaired) electrons. The highest BCUT2D eigenvalue weighted by molar-refractivity contribution is 5.86. The molecular weight excluding hydrogens is 262 g/mol. The second-order valence-corrected chi connectivity index (χ2v) is 5.43. The Balaban J connectivity index is 1.77. The summed E-state index contributed by atoms with van der Waals surface area (Å²) in [6.45, 7) is 5.08. The summed E-state index contributed by atoms with van der Waals surface area (Å²) >= 11 is 0. The van der Waals surface area contributed by atoms with Gasteiger partial charge in [-0.25, -0.2) is 0 Å². The van der Waals surface area contributed by atoms with Gasteiger partial charge in [0.2, 0.25) is 11.7 Å². The fourth-order valence-electron chi connectivity index (χ4n) is 2.27. The summed E-state index contributed by atoms with van der Waals surface area (Å²) in [5.41, 5.74) is 0.987. The Morgan fingerprint density at radius 3 is 2.71 bits per heavy atom. The number of hydrogen-bond acceptors (Lipinski definition) is 4. The monoisotopic (exact) mass is 281 g/mol. The van der Waals surface area contributed by atoms with Gasteiger partial charge in [0.05, 0.1) is 0 Å². The lowest BCUT2D eigenvalue weighted by atomic mass is 10.1. The second kappa shape index (κ2) is 6.06. The minimum atomic E-state index is 0.466. The van der Waals surface area contributed by atoms with E-state index in [2.05, 4.69) is 53.6 Å². The number of aromatic nitrogens is 2. The van der Waals surface area contributed by atoms with Crippen molar-refractivity contribution >= 4 is 10.8 Å². The highest BCUT2D eigenvalue weighted by Crippen LogP contribution is 2.22. The average molecular weight is 281 g/mol. The average Bonchev–Trinajstić information content (AvgIpc) is 2.95. The Morgan fingerprint density at radius 2 is 1.90 bits per heavy atom. The maximum Gasteiger partial charge on any atom is 0.228 e. The zero-order chi connectivity index (χ0) is 14.7. The molecule has 3 rings (SSSR count). The summed E-state index contributed by atoms with van der Waals surface area (Å²) in [6.07, 6.45) is 0.749. The number of benzene rings is 2. The molecule has 0 aliphatic heterocycles. The molecule has 21 heavy (non-hydrogen) atoms. The molecule has 0 unspecified atom stereocenters. The number of nitrogens with one attached hydrogen (secondary N) is 1. The third-order valence-corrected chi connectivity index (χ3v) is 3.37. The van der Waals surface area contributed by atoms with Gasteiger partial charge in [-0.3, -0.25) is 0 Å². The molecule has 0 bridgehead atoms. The van der Waals surface area contributed by atoms with Gasteiger partial charge in [0, 0.05) is 24.6 Å². The van der Waals surface area contributed by atoms with Gasteiger partial charge in [-0.15, -0.1) is 0 Å². The number of hydrogen-bond donors (Lipinski definition) is 1. The molecule has 0 aliphatic carbocycles. The van der Waals surface area contributed by atoms with Crippen LogP contribution >= 0.6 is 0 Å². The third-order valence-electron chi connectivity index (χ3n) is 3.37. The minimum Gasteiger partial charge on any atom is -0.339 e. The standard InChI is InChI=1S/C17H19N3O/c1-12(2)18-10-9-16-19-17(20-21-16)15-8-7-13-5-3-4-6-14(13)11-15/h3-8,11-12,18H,9-10H2,1-2H3. The molecule has 1 heterocycles. The predicted molar refractivity (Wildman–Crippen MR) is 84.1 cm³/mol. The fraction of sp³-hybridized carbons (Fsp3) is 0.294. The molecule has 0 amide bonds. The lowest BCUT2D eigenvalue weighted by Crippen LogP contribution is -2.25. The Morgan fingerprint density at radius 1 is 1.10 bits per heavy atom. The molecule has 1 N–H and O–H groups in total.